The van der Waals surface area contributed by atoms with Crippen molar-refractivity contribution >= 4 is 5.97 Å². The molecule has 0 saturated heterocycles. The summed E-state index contributed by atoms with van der Waals surface area (Å²) >= 11 is 0. The topological polar surface area (TPSA) is 56.2 Å². The van der Waals surface area contributed by atoms with Gasteiger partial charge in [0.2, 0.25) is 0 Å². The SMILES string of the molecule is CCCNC(Cn1ccnc1C)C(=O)OCC. The minimum atomic E-state index is -0.303. The van der Waals surface area contributed by atoms with Crippen LogP contribution in [0.15, 0.2) is 12.4 Å². The highest BCUT2D eigenvalue weighted by Crippen LogP contribution is 2.00. The molecule has 0 aliphatic carbocycles. The molecule has 0 spiro atoms. The molecule has 0 aliphatic heterocycles. The van der Waals surface area contributed by atoms with Crippen LogP contribution in [-0.4, -0.2) is 34.7 Å². The maximum atomic E-state index is 11.8. The molecule has 1 aromatic rings. The summed E-state index contributed by atoms with van der Waals surface area (Å²) in [5.74, 6) is 0.701. The van der Waals surface area contributed by atoms with Crippen LogP contribution in [0, 0.1) is 6.92 Å². The van der Waals surface area contributed by atoms with Crippen LogP contribution in [0.4, 0.5) is 0 Å². The lowest BCUT2D eigenvalue weighted by Gasteiger charge is -2.18. The van der Waals surface area contributed by atoms with Gasteiger partial charge in [-0.3, -0.25) is 4.79 Å². The van der Waals surface area contributed by atoms with Crippen molar-refractivity contribution in [2.45, 2.75) is 39.8 Å². The Bertz CT molecular complexity index is 349. The van der Waals surface area contributed by atoms with Crippen LogP contribution in [0.25, 0.3) is 0 Å². The van der Waals surface area contributed by atoms with Gasteiger partial charge in [0.1, 0.15) is 11.9 Å². The van der Waals surface area contributed by atoms with Crippen molar-refractivity contribution in [1.29, 1.82) is 0 Å². The normalized spacial score (nSPS) is 12.4. The van der Waals surface area contributed by atoms with Gasteiger partial charge in [0.15, 0.2) is 0 Å². The first-order valence-electron chi connectivity index (χ1n) is 6.06. The fraction of sp³-hybridized carbons (Fsp3) is 0.667. The van der Waals surface area contributed by atoms with Gasteiger partial charge in [-0.15, -0.1) is 0 Å². The van der Waals surface area contributed by atoms with Crippen molar-refractivity contribution in [1.82, 2.24) is 14.9 Å². The van der Waals surface area contributed by atoms with E-state index >= 15 is 0 Å². The number of hydrogen-bond acceptors (Lipinski definition) is 4. The van der Waals surface area contributed by atoms with Crippen LogP contribution in [-0.2, 0) is 16.1 Å². The molecule has 1 rings (SSSR count). The van der Waals surface area contributed by atoms with Crippen LogP contribution in [0.5, 0.6) is 0 Å². The third kappa shape index (κ3) is 4.19. The van der Waals surface area contributed by atoms with Crippen molar-refractivity contribution < 1.29 is 9.53 Å². The van der Waals surface area contributed by atoms with E-state index in [2.05, 4.69) is 17.2 Å². The Balaban J connectivity index is 2.63. The van der Waals surface area contributed by atoms with E-state index in [1.807, 2.05) is 24.6 Å². The maximum Gasteiger partial charge on any atom is 0.324 e. The third-order valence-corrected chi connectivity index (χ3v) is 2.51. The highest BCUT2D eigenvalue weighted by Gasteiger charge is 2.19. The molecule has 96 valence electrons. The van der Waals surface area contributed by atoms with Gasteiger partial charge in [-0.2, -0.15) is 0 Å². The number of nitrogens with one attached hydrogen (secondary N) is 1. The van der Waals surface area contributed by atoms with Crippen molar-refractivity contribution in [2.75, 3.05) is 13.2 Å². The summed E-state index contributed by atoms with van der Waals surface area (Å²) in [7, 11) is 0. The molecular weight excluding hydrogens is 218 g/mol. The maximum absolute atomic E-state index is 11.8. The van der Waals surface area contributed by atoms with Crippen LogP contribution in [0.3, 0.4) is 0 Å². The van der Waals surface area contributed by atoms with Gasteiger partial charge in [-0.05, 0) is 26.8 Å². The smallest absolute Gasteiger partial charge is 0.324 e. The number of carbonyl (C=O) groups excluding carboxylic acids is 1. The van der Waals surface area contributed by atoms with E-state index in [1.165, 1.54) is 0 Å². The second kappa shape index (κ2) is 7.06. The van der Waals surface area contributed by atoms with Gasteiger partial charge in [-0.1, -0.05) is 6.92 Å². The minimum Gasteiger partial charge on any atom is -0.465 e. The first-order chi connectivity index (χ1) is 8.19. The fourth-order valence-corrected chi connectivity index (χ4v) is 1.58. The molecule has 0 aromatic carbocycles. The minimum absolute atomic E-state index is 0.200. The largest absolute Gasteiger partial charge is 0.465 e. The van der Waals surface area contributed by atoms with Gasteiger partial charge in [0, 0.05) is 18.9 Å². The van der Waals surface area contributed by atoms with Crippen LogP contribution >= 0.6 is 0 Å². The zero-order chi connectivity index (χ0) is 12.7. The number of nitrogens with zero attached hydrogens (tertiary/aromatic N) is 2. The first kappa shape index (κ1) is 13.7. The number of esters is 1. The number of aryl methyl sites for hydroxylation is 1. The highest BCUT2D eigenvalue weighted by atomic mass is 16.5. The number of carbonyl (C=O) groups is 1. The molecule has 5 nitrogen and oxygen atoms in total. The summed E-state index contributed by atoms with van der Waals surface area (Å²) in [4.78, 5) is 15.9. The van der Waals surface area contributed by atoms with Crippen LogP contribution in [0.1, 0.15) is 26.1 Å². The van der Waals surface area contributed by atoms with Gasteiger partial charge in [0.25, 0.3) is 0 Å². The molecule has 0 saturated carbocycles. The molecular formula is C12H21N3O2. The van der Waals surface area contributed by atoms with E-state index in [4.69, 9.17) is 4.74 Å². The third-order valence-electron chi connectivity index (χ3n) is 2.51. The van der Waals surface area contributed by atoms with Gasteiger partial charge < -0.3 is 14.6 Å². The van der Waals surface area contributed by atoms with Crippen molar-refractivity contribution in [3.05, 3.63) is 18.2 Å². The molecule has 1 N–H and O–H groups in total. The number of aromatic nitrogens is 2. The van der Waals surface area contributed by atoms with Gasteiger partial charge in [0.05, 0.1) is 6.61 Å². The second-order valence-corrected chi connectivity index (χ2v) is 3.89. The molecule has 1 aromatic heterocycles. The molecule has 0 fully saturated rings. The summed E-state index contributed by atoms with van der Waals surface area (Å²) in [5, 5.41) is 3.20. The fourth-order valence-electron chi connectivity index (χ4n) is 1.58. The van der Waals surface area contributed by atoms with Crippen molar-refractivity contribution in [3.8, 4) is 0 Å². The Kier molecular flexibility index (Phi) is 5.69. The molecule has 5 heteroatoms. The quantitative estimate of drug-likeness (QED) is 0.724. The number of hydrogen-bond donors (Lipinski definition) is 1. The summed E-state index contributed by atoms with van der Waals surface area (Å²) in [6.07, 6.45) is 4.59. The molecule has 1 heterocycles. The molecule has 1 atom stereocenters. The highest BCUT2D eigenvalue weighted by molar-refractivity contribution is 5.75. The first-order valence-corrected chi connectivity index (χ1v) is 6.06. The number of ether oxygens (including phenoxy) is 1. The van der Waals surface area contributed by atoms with Crippen LogP contribution in [0.2, 0.25) is 0 Å². The molecule has 0 bridgehead atoms. The number of rotatable bonds is 7. The molecule has 0 radical (unpaired) electrons. The Morgan fingerprint density at radius 3 is 2.88 bits per heavy atom. The lowest BCUT2D eigenvalue weighted by Crippen LogP contribution is -2.41. The van der Waals surface area contributed by atoms with E-state index in [1.54, 1.807) is 6.20 Å². The Morgan fingerprint density at radius 1 is 1.59 bits per heavy atom. The lowest BCUT2D eigenvalue weighted by atomic mass is 10.2. The lowest BCUT2D eigenvalue weighted by molar-refractivity contribution is -0.146. The van der Waals surface area contributed by atoms with E-state index in [9.17, 15) is 4.79 Å². The summed E-state index contributed by atoms with van der Waals surface area (Å²) in [5.41, 5.74) is 0. The van der Waals surface area contributed by atoms with E-state index < -0.39 is 0 Å². The Morgan fingerprint density at radius 2 is 2.35 bits per heavy atom. The molecule has 1 unspecified atom stereocenters. The van der Waals surface area contributed by atoms with Crippen LogP contribution < -0.4 is 5.32 Å². The summed E-state index contributed by atoms with van der Waals surface area (Å²) in [6, 6.07) is -0.303. The standard InChI is InChI=1S/C12H21N3O2/c1-4-6-14-11(12(16)17-5-2)9-15-8-7-13-10(15)3/h7-8,11,14H,4-6,9H2,1-3H3. The summed E-state index contributed by atoms with van der Waals surface area (Å²) in [6.45, 7) is 7.57. The molecule has 0 aliphatic rings. The number of imidazole rings is 1. The van der Waals surface area contributed by atoms with E-state index in [-0.39, 0.29) is 12.0 Å². The zero-order valence-corrected chi connectivity index (χ0v) is 10.8. The van der Waals surface area contributed by atoms with Gasteiger partial charge >= 0.3 is 5.97 Å². The predicted octanol–water partition coefficient (Wildman–Crippen LogP) is 1.12. The predicted molar refractivity (Wildman–Crippen MR) is 65.7 cm³/mol. The van der Waals surface area contributed by atoms with Gasteiger partial charge in [-0.25, -0.2) is 4.98 Å². The van der Waals surface area contributed by atoms with Crippen molar-refractivity contribution in [2.24, 2.45) is 0 Å². The second-order valence-electron chi connectivity index (χ2n) is 3.89. The monoisotopic (exact) mass is 239 g/mol. The van der Waals surface area contributed by atoms with E-state index in [0.29, 0.717) is 13.2 Å². The average Bonchev–Trinajstić information content (AvgIpc) is 2.70. The molecule has 17 heavy (non-hydrogen) atoms. The molecule has 0 amide bonds. The zero-order valence-electron chi connectivity index (χ0n) is 10.8. The summed E-state index contributed by atoms with van der Waals surface area (Å²) < 4.78 is 7.00. The van der Waals surface area contributed by atoms with Crippen molar-refractivity contribution in [3.63, 3.8) is 0 Å². The van der Waals surface area contributed by atoms with E-state index in [0.717, 1.165) is 18.8 Å². The average molecular weight is 239 g/mol. The Labute approximate surface area is 102 Å². The Hall–Kier alpha value is -1.36.